The first kappa shape index (κ1) is 16.2. The molecule has 0 radical (unpaired) electrons. The van der Waals surface area contributed by atoms with Crippen molar-refractivity contribution in [3.05, 3.63) is 17.4 Å². The molecule has 0 aliphatic carbocycles. The van der Waals surface area contributed by atoms with Crippen molar-refractivity contribution in [2.24, 2.45) is 0 Å². The Kier molecular flexibility index (Phi) is 4.28. The van der Waals surface area contributed by atoms with Crippen molar-refractivity contribution in [3.63, 3.8) is 0 Å². The predicted molar refractivity (Wildman–Crippen MR) is 87.2 cm³/mol. The van der Waals surface area contributed by atoms with Crippen LogP contribution in [0.5, 0.6) is 0 Å². The van der Waals surface area contributed by atoms with Crippen LogP contribution in [0.4, 0.5) is 4.79 Å². The Bertz CT molecular complexity index is 770. The van der Waals surface area contributed by atoms with E-state index < -0.39 is 9.84 Å². The molecule has 0 unspecified atom stereocenters. The van der Waals surface area contributed by atoms with Crippen LogP contribution in [0.2, 0.25) is 0 Å². The fourth-order valence-corrected chi connectivity index (χ4v) is 4.73. The minimum atomic E-state index is -2.93. The third kappa shape index (κ3) is 3.47. The van der Waals surface area contributed by atoms with Gasteiger partial charge in [0.1, 0.15) is 15.3 Å². The van der Waals surface area contributed by atoms with E-state index >= 15 is 0 Å². The summed E-state index contributed by atoms with van der Waals surface area (Å²) in [5, 5.41) is 7.02. The monoisotopic (exact) mass is 357 g/mol. The van der Waals surface area contributed by atoms with Crippen LogP contribution in [0.3, 0.4) is 0 Å². The fourth-order valence-electron chi connectivity index (χ4n) is 2.66. The van der Waals surface area contributed by atoms with Gasteiger partial charge in [0.2, 0.25) is 4.96 Å². The third-order valence-electron chi connectivity index (χ3n) is 4.18. The predicted octanol–water partition coefficient (Wildman–Crippen LogP) is 1.07. The number of nitrogens with one attached hydrogen (secondary N) is 1. The van der Waals surface area contributed by atoms with Crippen molar-refractivity contribution in [3.8, 4) is 0 Å². The van der Waals surface area contributed by atoms with Crippen LogP contribution in [0.1, 0.15) is 31.5 Å². The van der Waals surface area contributed by atoms with Crippen molar-refractivity contribution in [2.45, 2.75) is 31.8 Å². The molecule has 8 nitrogen and oxygen atoms in total. The quantitative estimate of drug-likeness (QED) is 0.886. The lowest BCUT2D eigenvalue weighted by molar-refractivity contribution is 0.182. The van der Waals surface area contributed by atoms with Crippen molar-refractivity contribution in [1.82, 2.24) is 24.8 Å². The summed E-state index contributed by atoms with van der Waals surface area (Å²) in [5.41, 5.74) is 2.46. The van der Waals surface area contributed by atoms with Gasteiger partial charge in [-0.25, -0.2) is 22.7 Å². The number of imidazole rings is 1. The van der Waals surface area contributed by atoms with Crippen LogP contribution >= 0.6 is 11.3 Å². The van der Waals surface area contributed by atoms with Crippen LogP contribution < -0.4 is 5.32 Å². The molecule has 126 valence electrons. The van der Waals surface area contributed by atoms with Gasteiger partial charge in [-0.2, -0.15) is 5.10 Å². The van der Waals surface area contributed by atoms with E-state index in [0.29, 0.717) is 12.8 Å². The summed E-state index contributed by atoms with van der Waals surface area (Å²) < 4.78 is 24.6. The number of rotatable bonds is 3. The van der Waals surface area contributed by atoms with Gasteiger partial charge in [0.15, 0.2) is 0 Å². The van der Waals surface area contributed by atoms with Gasteiger partial charge in [0.25, 0.3) is 0 Å². The topological polar surface area (TPSA) is 96.7 Å². The summed E-state index contributed by atoms with van der Waals surface area (Å²) in [5.74, 6) is 0.293. The summed E-state index contributed by atoms with van der Waals surface area (Å²) in [7, 11) is -1.22. The number of fused-ring (bicyclic) bond motifs is 1. The van der Waals surface area contributed by atoms with Gasteiger partial charge in [-0.05, 0) is 19.8 Å². The minimum Gasteiger partial charge on any atom is -0.330 e. The zero-order valence-corrected chi connectivity index (χ0v) is 14.6. The van der Waals surface area contributed by atoms with Gasteiger partial charge >= 0.3 is 6.03 Å². The number of hydrogen-bond donors (Lipinski definition) is 1. The molecule has 1 saturated heterocycles. The molecule has 0 aromatic carbocycles. The molecule has 0 spiro atoms. The highest BCUT2D eigenvalue weighted by Crippen LogP contribution is 2.19. The van der Waals surface area contributed by atoms with E-state index in [-0.39, 0.29) is 29.6 Å². The molecule has 1 N–H and O–H groups in total. The Labute approximate surface area is 138 Å². The largest absolute Gasteiger partial charge is 0.330 e. The molecule has 1 aliphatic rings. The third-order valence-corrected chi connectivity index (χ3v) is 6.59. The molecule has 23 heavy (non-hydrogen) atoms. The molecule has 0 bridgehead atoms. The van der Waals surface area contributed by atoms with Crippen LogP contribution in [0.15, 0.2) is 11.7 Å². The lowest BCUT2D eigenvalue weighted by atomic mass is 10.1. The van der Waals surface area contributed by atoms with Gasteiger partial charge in [0, 0.05) is 13.1 Å². The second-order valence-corrected chi connectivity index (χ2v) is 8.91. The second-order valence-electron chi connectivity index (χ2n) is 5.80. The zero-order chi connectivity index (χ0) is 16.6. The van der Waals surface area contributed by atoms with E-state index in [2.05, 4.69) is 15.4 Å². The van der Waals surface area contributed by atoms with Gasteiger partial charge in [-0.15, -0.1) is 0 Å². The van der Waals surface area contributed by atoms with Crippen molar-refractivity contribution >= 4 is 32.2 Å². The Morgan fingerprint density at radius 3 is 2.83 bits per heavy atom. The van der Waals surface area contributed by atoms with E-state index in [0.717, 1.165) is 10.7 Å². The van der Waals surface area contributed by atoms with E-state index in [1.165, 1.54) is 11.3 Å². The fraction of sp³-hybridized carbons (Fsp3) is 0.615. The van der Waals surface area contributed by atoms with Crippen LogP contribution in [-0.2, 0) is 9.84 Å². The highest BCUT2D eigenvalue weighted by molar-refractivity contribution is 7.91. The second kappa shape index (κ2) is 6.08. The van der Waals surface area contributed by atoms with E-state index in [9.17, 15) is 13.2 Å². The summed E-state index contributed by atoms with van der Waals surface area (Å²) in [6.07, 6.45) is 2.78. The number of urea groups is 1. The van der Waals surface area contributed by atoms with E-state index in [1.54, 1.807) is 28.2 Å². The maximum Gasteiger partial charge on any atom is 0.317 e. The van der Waals surface area contributed by atoms with Crippen molar-refractivity contribution < 1.29 is 13.2 Å². The standard InChI is InChI=1S/C13H19N5O3S2/c1-9(11-7-18-13(16-11)22-8-14-18)15-12(19)17(2)10-3-5-23(20,21)6-4-10/h7-10H,3-6H2,1-2H3,(H,15,19)/t9-/m1/s1. The first-order valence-corrected chi connectivity index (χ1v) is 10.1. The summed E-state index contributed by atoms with van der Waals surface area (Å²) in [4.78, 5) is 19.2. The highest BCUT2D eigenvalue weighted by Gasteiger charge is 2.29. The number of hydrogen-bond acceptors (Lipinski definition) is 6. The highest BCUT2D eigenvalue weighted by atomic mass is 32.2. The first-order valence-electron chi connectivity index (χ1n) is 7.38. The Hall–Kier alpha value is -1.68. The van der Waals surface area contributed by atoms with Gasteiger partial charge < -0.3 is 10.2 Å². The van der Waals surface area contributed by atoms with Crippen LogP contribution in [0.25, 0.3) is 4.96 Å². The summed E-state index contributed by atoms with van der Waals surface area (Å²) in [6, 6.07) is -0.504. The smallest absolute Gasteiger partial charge is 0.317 e. The molecule has 0 saturated carbocycles. The number of sulfone groups is 1. The molecular formula is C13H19N5O3S2. The average molecular weight is 357 g/mol. The number of amides is 2. The van der Waals surface area contributed by atoms with Gasteiger partial charge in [-0.3, -0.25) is 0 Å². The number of nitrogens with zero attached hydrogens (tertiary/aromatic N) is 4. The van der Waals surface area contributed by atoms with Crippen molar-refractivity contribution in [1.29, 1.82) is 0 Å². The summed E-state index contributed by atoms with van der Waals surface area (Å²) >= 11 is 1.43. The number of aromatic nitrogens is 3. The molecule has 2 aromatic heterocycles. The molecule has 1 atom stereocenters. The average Bonchev–Trinajstić information content (AvgIpc) is 3.07. The van der Waals surface area contributed by atoms with Gasteiger partial charge in [-0.1, -0.05) is 11.3 Å². The van der Waals surface area contributed by atoms with Crippen LogP contribution in [0, 0.1) is 0 Å². The van der Waals surface area contributed by atoms with E-state index in [4.69, 9.17) is 0 Å². The van der Waals surface area contributed by atoms with Crippen LogP contribution in [-0.4, -0.2) is 58.5 Å². The lowest BCUT2D eigenvalue weighted by Crippen LogP contribution is -2.47. The molecule has 2 aromatic rings. The molecule has 2 amide bonds. The Morgan fingerprint density at radius 1 is 1.48 bits per heavy atom. The van der Waals surface area contributed by atoms with Crippen molar-refractivity contribution in [2.75, 3.05) is 18.6 Å². The maximum absolute atomic E-state index is 12.4. The lowest BCUT2D eigenvalue weighted by Gasteiger charge is -2.31. The number of carbonyl (C=O) groups is 1. The normalized spacial score (nSPS) is 19.6. The zero-order valence-electron chi connectivity index (χ0n) is 13.0. The molecule has 3 heterocycles. The number of carbonyl (C=O) groups excluding carboxylic acids is 1. The van der Waals surface area contributed by atoms with E-state index in [1.807, 2.05) is 6.92 Å². The SMILES string of the molecule is C[C@@H](NC(=O)N(C)C1CCS(=O)(=O)CC1)c1cn2ncsc2n1. The van der Waals surface area contributed by atoms with Gasteiger partial charge in [0.05, 0.1) is 29.4 Å². The first-order chi connectivity index (χ1) is 10.9. The molecule has 1 fully saturated rings. The maximum atomic E-state index is 12.4. The molecule has 1 aliphatic heterocycles. The molecular weight excluding hydrogens is 338 g/mol. The Balaban J connectivity index is 1.60. The molecule has 3 rings (SSSR count). The Morgan fingerprint density at radius 2 is 2.17 bits per heavy atom. The summed E-state index contributed by atoms with van der Waals surface area (Å²) in [6.45, 7) is 1.86. The molecule has 10 heteroatoms. The minimum absolute atomic E-state index is 0.0436.